The molecular weight excluding hydrogens is 1320 g/mol. The van der Waals surface area contributed by atoms with Gasteiger partial charge in [0.25, 0.3) is 0 Å². The van der Waals surface area contributed by atoms with E-state index in [0.29, 0.717) is 18.2 Å². The topological polar surface area (TPSA) is 6.48 Å². The second kappa shape index (κ2) is 26.5. The molecule has 0 unspecified atom stereocenters. The maximum absolute atomic E-state index is 14.5. The van der Waals surface area contributed by atoms with Crippen LogP contribution in [0.2, 0.25) is 0 Å². The van der Waals surface area contributed by atoms with Gasteiger partial charge in [0.15, 0.2) is 0 Å². The first-order valence-corrected chi connectivity index (χ1v) is 27.8. The zero-order valence-corrected chi connectivity index (χ0v) is 48.4. The average molecular weight is 1360 g/mol. The molecule has 0 bridgehead atoms. The molecule has 89 heavy (non-hydrogen) atoms. The third-order valence-electron chi connectivity index (χ3n) is 13.3. The summed E-state index contributed by atoms with van der Waals surface area (Å²) in [6.45, 7) is 0. The van der Waals surface area contributed by atoms with Gasteiger partial charge < -0.3 is 38.1 Å². The van der Waals surface area contributed by atoms with Crippen molar-refractivity contribution < 1.29 is 122 Å². The van der Waals surface area contributed by atoms with Crippen molar-refractivity contribution in [1.82, 2.24) is 9.80 Å². The number of hydrogen-bond donors (Lipinski definition) is 0. The minimum atomic E-state index is -5.77. The fourth-order valence-electron chi connectivity index (χ4n) is 9.62. The van der Waals surface area contributed by atoms with Crippen molar-refractivity contribution in [2.45, 2.75) is 61.5 Å². The monoisotopic (exact) mass is 1360 g/mol. The Bertz CT molecular complexity index is 3210. The Morgan fingerprint density at radius 3 is 0.730 bits per heavy atom. The van der Waals surface area contributed by atoms with Crippen molar-refractivity contribution in [2.75, 3.05) is 28.2 Å². The standard InChI is InChI=1S/C46H26F24NP2.C14H16N.Fe/c1-71(2)38(22-6-4-3-5-7-22)37-35(72(31-14-23(39(47,48)49)10-24(15-31)40(50,51)52)32-16-25(41(53,54)55)11-26(17-32)42(56,57)58)8-9-36(37)73(33-18-27(43(59,60)61)12-28(19-33)44(62,63)64)34-20-29(45(65,66)67)13-30(21-34)46(68,69)70;1-15(2)14(13-10-6-7-11-13)12-8-4-3-5-9-12;/h3-21,38H,1-2H3;3-11,14H,1-2H3;/q-5;-1;/t38-;14-;/m00./s1. The molecule has 0 radical (unpaired) electrons. The van der Waals surface area contributed by atoms with Crippen LogP contribution in [0.25, 0.3) is 0 Å². The van der Waals surface area contributed by atoms with Crippen molar-refractivity contribution in [3.63, 3.8) is 0 Å². The summed E-state index contributed by atoms with van der Waals surface area (Å²) in [4.78, 5) is 3.31. The molecule has 8 rings (SSSR count). The minimum absolute atomic E-state index is 0. The maximum Gasteiger partial charge on any atom is 0.416 e. The van der Waals surface area contributed by atoms with Crippen LogP contribution < -0.4 is 31.8 Å². The van der Waals surface area contributed by atoms with Crippen molar-refractivity contribution >= 4 is 47.7 Å². The largest absolute Gasteiger partial charge is 0.740 e. The molecule has 484 valence electrons. The number of rotatable bonds is 12. The van der Waals surface area contributed by atoms with Gasteiger partial charge in [-0.25, -0.2) is 28.0 Å². The molecule has 2 atom stereocenters. The van der Waals surface area contributed by atoms with Crippen LogP contribution in [0.15, 0.2) is 170 Å². The zero-order valence-electron chi connectivity index (χ0n) is 45.5. The number of halogens is 24. The Morgan fingerprint density at radius 1 is 0.315 bits per heavy atom. The van der Waals surface area contributed by atoms with Crippen LogP contribution in [-0.2, 0) is 66.5 Å². The van der Waals surface area contributed by atoms with Crippen LogP contribution in [0.5, 0.6) is 0 Å². The minimum Gasteiger partial charge on any atom is -0.740 e. The molecule has 29 heteroatoms. The molecule has 0 N–H and O–H groups in total. The van der Waals surface area contributed by atoms with Gasteiger partial charge in [-0.3, -0.25) is 0 Å². The SMILES string of the molecule is CN(C)[C@@H](c1ccccc1)[c-]1[c-](P(c2cc(C(F)(F)F)cc(C(F)(F)F)c2)c2cc(C(F)(F)F)cc(C(F)(F)F)c2)[cH-][cH-][c-]1P(c1cc(C(F)(F)F)cc(C(F)(F)F)c1)c1cc(C(F)(F)F)cc(C(F)(F)F)c1.CN(C)[C@@H](c1ccccc1)[c-]1cccc1.[Fe]. The van der Waals surface area contributed by atoms with Crippen molar-refractivity contribution in [2.24, 2.45) is 0 Å². The van der Waals surface area contributed by atoms with E-state index >= 15 is 0 Å². The van der Waals surface area contributed by atoms with Crippen LogP contribution in [-0.4, -0.2) is 38.0 Å². The normalized spacial score (nSPS) is 13.8. The van der Waals surface area contributed by atoms with E-state index in [1.54, 1.807) is 0 Å². The average Bonchev–Trinajstić information content (AvgIpc) is 1.79. The number of hydrogen-bond acceptors (Lipinski definition) is 2. The van der Waals surface area contributed by atoms with Gasteiger partial charge in [-0.05, 0) is 107 Å². The molecule has 0 saturated heterocycles. The van der Waals surface area contributed by atoms with Crippen LogP contribution in [0, 0.1) is 0 Å². The van der Waals surface area contributed by atoms with Crippen molar-refractivity contribution in [3.05, 3.63) is 237 Å². The molecular formula is C60H42F24FeN2P2-6. The predicted molar refractivity (Wildman–Crippen MR) is 285 cm³/mol. The quantitative estimate of drug-likeness (QED) is 0.0521. The fraction of sp³-hybridized carbons (Fsp3) is 0.233. The molecule has 0 aliphatic carbocycles. The fourth-order valence-corrected chi connectivity index (χ4v) is 15.0. The van der Waals surface area contributed by atoms with Crippen LogP contribution in [0.3, 0.4) is 0 Å². The second-order valence-corrected chi connectivity index (χ2v) is 24.4. The molecule has 8 aromatic carbocycles. The van der Waals surface area contributed by atoms with E-state index in [9.17, 15) is 105 Å². The second-order valence-electron chi connectivity index (χ2n) is 20.0. The van der Waals surface area contributed by atoms with Gasteiger partial charge in [0.1, 0.15) is 0 Å². The van der Waals surface area contributed by atoms with Crippen LogP contribution in [0.1, 0.15) is 78.8 Å². The Labute approximate surface area is 504 Å². The summed E-state index contributed by atoms with van der Waals surface area (Å²) in [7, 11) is -1.21. The molecule has 0 amide bonds. The van der Waals surface area contributed by atoms with Crippen molar-refractivity contribution in [3.8, 4) is 0 Å². The summed E-state index contributed by atoms with van der Waals surface area (Å²) < 4.78 is 349. The smallest absolute Gasteiger partial charge is 0.416 e. The predicted octanol–water partition coefficient (Wildman–Crippen LogP) is 17.8. The molecule has 0 fully saturated rings. The summed E-state index contributed by atoms with van der Waals surface area (Å²) in [6.07, 6.45) is -46.2. The molecule has 8 aromatic rings. The summed E-state index contributed by atoms with van der Waals surface area (Å²) in [5.74, 6) is 0. The van der Waals surface area contributed by atoms with Gasteiger partial charge in [-0.1, -0.05) is 87.4 Å². The van der Waals surface area contributed by atoms with E-state index in [2.05, 4.69) is 73.6 Å². The first-order valence-electron chi connectivity index (χ1n) is 25.1. The molecule has 0 aliphatic heterocycles. The Hall–Kier alpha value is -6.36. The summed E-state index contributed by atoms with van der Waals surface area (Å²) in [5.41, 5.74) is -15.7. The van der Waals surface area contributed by atoms with Gasteiger partial charge in [0.2, 0.25) is 0 Å². The molecule has 0 saturated carbocycles. The third kappa shape index (κ3) is 17.2. The van der Waals surface area contributed by atoms with Gasteiger partial charge in [0, 0.05) is 23.1 Å². The molecule has 0 aromatic heterocycles. The molecule has 2 nitrogen and oxygen atoms in total. The van der Waals surface area contributed by atoms with Gasteiger partial charge in [0.05, 0.1) is 44.5 Å². The maximum atomic E-state index is 14.5. The van der Waals surface area contributed by atoms with Crippen molar-refractivity contribution in [1.29, 1.82) is 0 Å². The van der Waals surface area contributed by atoms with E-state index in [-0.39, 0.29) is 71.2 Å². The Kier molecular flexibility index (Phi) is 21.3. The van der Waals surface area contributed by atoms with Gasteiger partial charge in [-0.2, -0.15) is 118 Å². The molecule has 0 heterocycles. The van der Waals surface area contributed by atoms with E-state index in [1.807, 2.05) is 0 Å². The van der Waals surface area contributed by atoms with Crippen LogP contribution >= 0.6 is 15.8 Å². The van der Waals surface area contributed by atoms with E-state index < -0.39 is 177 Å². The van der Waals surface area contributed by atoms with Gasteiger partial charge >= 0.3 is 49.4 Å². The van der Waals surface area contributed by atoms with Crippen LogP contribution in [0.4, 0.5) is 105 Å². The van der Waals surface area contributed by atoms with Gasteiger partial charge in [-0.15, -0.1) is 11.6 Å². The Balaban J connectivity index is 0.000000684. The zero-order chi connectivity index (χ0) is 65.7. The first-order chi connectivity index (χ1) is 40.3. The number of benzene rings is 6. The summed E-state index contributed by atoms with van der Waals surface area (Å²) in [5, 5.41) is -7.15. The third-order valence-corrected chi connectivity index (χ3v) is 18.1. The van der Waals surface area contributed by atoms with E-state index in [1.165, 1.54) is 41.5 Å². The molecule has 0 aliphatic rings. The number of nitrogens with zero attached hydrogens (tertiary/aromatic N) is 2. The first kappa shape index (κ1) is 71.7. The number of alkyl halides is 24. The summed E-state index contributed by atoms with van der Waals surface area (Å²) in [6, 6.07) is 22.6. The van der Waals surface area contributed by atoms with E-state index in [0.717, 1.165) is 19.0 Å². The van der Waals surface area contributed by atoms with E-state index in [4.69, 9.17) is 0 Å². The summed E-state index contributed by atoms with van der Waals surface area (Å²) >= 11 is 0. The Morgan fingerprint density at radius 2 is 0.528 bits per heavy atom. The molecule has 0 spiro atoms.